The van der Waals surface area contributed by atoms with Gasteiger partial charge in [0.25, 0.3) is 10.0 Å². The molecule has 0 fully saturated rings. The van der Waals surface area contributed by atoms with Gasteiger partial charge in [0.05, 0.1) is 24.8 Å². The van der Waals surface area contributed by atoms with Crippen LogP contribution in [0.1, 0.15) is 30.5 Å². The lowest BCUT2D eigenvalue weighted by Crippen LogP contribution is -2.54. The Balaban J connectivity index is 1.82. The molecule has 0 aliphatic carbocycles. The summed E-state index contributed by atoms with van der Waals surface area (Å²) >= 11 is 0. The first-order valence-electron chi connectivity index (χ1n) is 15.1. The number of hydrogen-bond donors (Lipinski definition) is 1. The number of carbonyl (C=O) groups is 2. The zero-order valence-corrected chi connectivity index (χ0v) is 28.0. The topological polar surface area (TPSA) is 105 Å². The van der Waals surface area contributed by atoms with Crippen molar-refractivity contribution in [1.29, 1.82) is 0 Å². The maximum absolute atomic E-state index is 14.5. The largest absolute Gasteiger partial charge is 0.493 e. The monoisotopic (exact) mass is 661 g/mol. The first-order chi connectivity index (χ1) is 22.4. The minimum absolute atomic E-state index is 0.0692. The summed E-state index contributed by atoms with van der Waals surface area (Å²) in [5, 5.41) is 2.91. The van der Waals surface area contributed by atoms with Gasteiger partial charge in [-0.05, 0) is 68.3 Å². The van der Waals surface area contributed by atoms with Crippen molar-refractivity contribution in [3.63, 3.8) is 0 Å². The number of hydrogen-bond acceptors (Lipinski definition) is 6. The fraction of sp³-hybridized carbons (Fsp3) is 0.278. The fourth-order valence-corrected chi connectivity index (χ4v) is 6.50. The van der Waals surface area contributed by atoms with Gasteiger partial charge in [0.15, 0.2) is 11.5 Å². The highest BCUT2D eigenvalue weighted by molar-refractivity contribution is 7.92. The molecule has 0 radical (unpaired) electrons. The molecule has 0 saturated carbocycles. The van der Waals surface area contributed by atoms with E-state index in [-0.39, 0.29) is 35.3 Å². The Morgan fingerprint density at radius 3 is 2.06 bits per heavy atom. The van der Waals surface area contributed by atoms with Crippen molar-refractivity contribution in [2.45, 2.75) is 50.7 Å². The van der Waals surface area contributed by atoms with Gasteiger partial charge in [0.2, 0.25) is 11.8 Å². The number of halogens is 1. The highest BCUT2D eigenvalue weighted by atomic mass is 32.2. The number of rotatable bonds is 14. The van der Waals surface area contributed by atoms with Crippen molar-refractivity contribution >= 4 is 27.5 Å². The Hall–Kier alpha value is -4.90. The third-order valence-electron chi connectivity index (χ3n) is 7.51. The summed E-state index contributed by atoms with van der Waals surface area (Å²) in [5.74, 6) is -0.927. The molecule has 9 nitrogen and oxygen atoms in total. The molecule has 4 rings (SSSR count). The van der Waals surface area contributed by atoms with E-state index in [0.29, 0.717) is 11.3 Å². The van der Waals surface area contributed by atoms with Crippen molar-refractivity contribution in [2.75, 3.05) is 25.1 Å². The molecule has 11 heteroatoms. The summed E-state index contributed by atoms with van der Waals surface area (Å²) < 4.78 is 54.2. The second-order valence-corrected chi connectivity index (χ2v) is 13.2. The minimum Gasteiger partial charge on any atom is -0.493 e. The third kappa shape index (κ3) is 8.88. The van der Waals surface area contributed by atoms with Crippen molar-refractivity contribution in [2.24, 2.45) is 0 Å². The first kappa shape index (κ1) is 35.0. The summed E-state index contributed by atoms with van der Waals surface area (Å²) in [6.45, 7) is 4.81. The number of nitrogens with zero attached hydrogens (tertiary/aromatic N) is 2. The Bertz CT molecular complexity index is 1770. The number of methoxy groups -OCH3 is 2. The SMILES string of the molecule is COc1ccc(S(=O)(=O)N(CC(=O)N(Cc2ccc(F)cc2)[C@H](Cc2ccccc2)C(=O)NC(C)C)c2ccc(C)cc2)cc1OC. The maximum atomic E-state index is 14.5. The fourth-order valence-electron chi connectivity index (χ4n) is 5.07. The molecule has 0 unspecified atom stereocenters. The van der Waals surface area contributed by atoms with E-state index in [4.69, 9.17) is 9.47 Å². The predicted octanol–water partition coefficient (Wildman–Crippen LogP) is 5.51. The van der Waals surface area contributed by atoms with Gasteiger partial charge >= 0.3 is 0 Å². The summed E-state index contributed by atoms with van der Waals surface area (Å²) in [7, 11) is -1.51. The zero-order chi connectivity index (χ0) is 34.1. The second kappa shape index (κ2) is 15.6. The number of nitrogens with one attached hydrogen (secondary N) is 1. The Labute approximate surface area is 276 Å². The molecule has 4 aromatic rings. The molecule has 248 valence electrons. The van der Waals surface area contributed by atoms with Gasteiger partial charge in [-0.15, -0.1) is 0 Å². The van der Waals surface area contributed by atoms with Crippen molar-refractivity contribution in [1.82, 2.24) is 10.2 Å². The van der Waals surface area contributed by atoms with Crippen LogP contribution >= 0.6 is 0 Å². The van der Waals surface area contributed by atoms with Crippen molar-refractivity contribution in [3.05, 3.63) is 120 Å². The van der Waals surface area contributed by atoms with Gasteiger partial charge in [0, 0.05) is 25.1 Å². The molecule has 1 atom stereocenters. The molecular weight excluding hydrogens is 621 g/mol. The lowest BCUT2D eigenvalue weighted by Gasteiger charge is -2.34. The maximum Gasteiger partial charge on any atom is 0.264 e. The third-order valence-corrected chi connectivity index (χ3v) is 9.28. The lowest BCUT2D eigenvalue weighted by atomic mass is 10.0. The Morgan fingerprint density at radius 2 is 1.47 bits per heavy atom. The molecule has 0 spiro atoms. The summed E-state index contributed by atoms with van der Waals surface area (Å²) in [4.78, 5) is 29.5. The van der Waals surface area contributed by atoms with Crippen LogP contribution in [0.4, 0.5) is 10.1 Å². The standard InChI is InChI=1S/C36H40FN3O6S/c1-25(2)38-36(42)32(21-27-9-7-6-8-10-27)39(23-28-13-15-29(37)16-14-28)35(41)24-40(30-17-11-26(3)12-18-30)47(43,44)31-19-20-33(45-4)34(22-31)46-5/h6-20,22,25,32H,21,23-24H2,1-5H3,(H,38,42)/t32-/m1/s1. The van der Waals surface area contributed by atoms with E-state index < -0.39 is 40.2 Å². The number of amides is 2. The van der Waals surface area contributed by atoms with Gasteiger partial charge in [-0.25, -0.2) is 12.8 Å². The van der Waals surface area contributed by atoms with Crippen LogP contribution in [0.3, 0.4) is 0 Å². The number of sulfonamides is 1. The first-order valence-corrected chi connectivity index (χ1v) is 16.6. The molecule has 0 heterocycles. The van der Waals surface area contributed by atoms with Gasteiger partial charge in [-0.2, -0.15) is 0 Å². The van der Waals surface area contributed by atoms with Crippen LogP contribution in [0.25, 0.3) is 0 Å². The van der Waals surface area contributed by atoms with Gasteiger partial charge in [-0.3, -0.25) is 13.9 Å². The van der Waals surface area contributed by atoms with Crippen LogP contribution in [0.5, 0.6) is 11.5 Å². The molecule has 2 amide bonds. The average Bonchev–Trinajstić information content (AvgIpc) is 3.06. The Kier molecular flexibility index (Phi) is 11.6. The van der Waals surface area contributed by atoms with Gasteiger partial charge in [0.1, 0.15) is 18.4 Å². The van der Waals surface area contributed by atoms with E-state index in [1.807, 2.05) is 51.1 Å². The highest BCUT2D eigenvalue weighted by Gasteiger charge is 2.35. The molecule has 0 aliphatic heterocycles. The molecule has 47 heavy (non-hydrogen) atoms. The van der Waals surface area contributed by atoms with E-state index >= 15 is 0 Å². The van der Waals surface area contributed by atoms with E-state index in [1.165, 1.54) is 61.6 Å². The van der Waals surface area contributed by atoms with Gasteiger partial charge in [-0.1, -0.05) is 60.2 Å². The molecule has 0 bridgehead atoms. The number of ether oxygens (including phenoxy) is 2. The Morgan fingerprint density at radius 1 is 0.830 bits per heavy atom. The molecule has 1 N–H and O–H groups in total. The molecular formula is C36H40FN3O6S. The highest BCUT2D eigenvalue weighted by Crippen LogP contribution is 2.32. The normalized spacial score (nSPS) is 11.9. The summed E-state index contributed by atoms with van der Waals surface area (Å²) in [5.41, 5.74) is 2.53. The predicted molar refractivity (Wildman–Crippen MR) is 179 cm³/mol. The average molecular weight is 662 g/mol. The van der Waals surface area contributed by atoms with E-state index in [0.717, 1.165) is 15.4 Å². The van der Waals surface area contributed by atoms with E-state index in [1.54, 1.807) is 24.3 Å². The zero-order valence-electron chi connectivity index (χ0n) is 27.1. The summed E-state index contributed by atoms with van der Waals surface area (Å²) in [6.07, 6.45) is 0.166. The molecule has 0 saturated heterocycles. The molecule has 4 aromatic carbocycles. The van der Waals surface area contributed by atoms with Gasteiger partial charge < -0.3 is 19.7 Å². The van der Waals surface area contributed by atoms with Crippen LogP contribution in [-0.2, 0) is 32.6 Å². The minimum atomic E-state index is -4.36. The summed E-state index contributed by atoms with van der Waals surface area (Å²) in [6, 6.07) is 24.6. The van der Waals surface area contributed by atoms with Crippen LogP contribution in [-0.4, -0.2) is 58.0 Å². The second-order valence-electron chi connectivity index (χ2n) is 11.4. The number of benzene rings is 4. The lowest BCUT2D eigenvalue weighted by molar-refractivity contribution is -0.140. The smallest absolute Gasteiger partial charge is 0.264 e. The van der Waals surface area contributed by atoms with Crippen LogP contribution in [0, 0.1) is 12.7 Å². The quantitative estimate of drug-likeness (QED) is 0.191. The molecule has 0 aromatic heterocycles. The van der Waals surface area contributed by atoms with E-state index in [9.17, 15) is 22.4 Å². The van der Waals surface area contributed by atoms with E-state index in [2.05, 4.69) is 5.32 Å². The van der Waals surface area contributed by atoms with Crippen molar-refractivity contribution in [3.8, 4) is 11.5 Å². The number of carbonyl (C=O) groups excluding carboxylic acids is 2. The number of anilines is 1. The molecule has 0 aliphatic rings. The van der Waals surface area contributed by atoms with Crippen molar-refractivity contribution < 1.29 is 31.9 Å². The van der Waals surface area contributed by atoms with Crippen LogP contribution in [0.15, 0.2) is 102 Å². The number of aryl methyl sites for hydroxylation is 1. The van der Waals surface area contributed by atoms with Crippen LogP contribution < -0.4 is 19.1 Å². The van der Waals surface area contributed by atoms with Crippen LogP contribution in [0.2, 0.25) is 0 Å².